The third kappa shape index (κ3) is 4.24. The third-order valence-electron chi connectivity index (χ3n) is 9.51. The molecule has 8 nitrogen and oxygen atoms in total. The molecule has 218 valence electrons. The molecule has 4 aliphatic rings. The Kier molecular flexibility index (Phi) is 5.98. The summed E-state index contributed by atoms with van der Waals surface area (Å²) in [5.74, 6) is -0.810. The minimum absolute atomic E-state index is 0.101. The standard InChI is InChI=1S/C31H31F3N6O2/c32-18-12-31(7-2-8-40(31)13-18)16-42-30-37-28-23(29(38-30)39-14-19-5-6-20(15-39)35-19)11-25(34)27(36-28)22-10-21(41)9-17-3-1-4-24(33)26(17)22/h1,3-4,9-11,18-20,35,41H,2,5-8,12-16H2/t18-,19-,20+,31+/m1/s1. The molecule has 8 rings (SSSR count). The van der Waals surface area contributed by atoms with Crippen molar-refractivity contribution in [3.05, 3.63) is 48.0 Å². The smallest absolute Gasteiger partial charge is 0.320 e. The second-order valence-corrected chi connectivity index (χ2v) is 12.3. The van der Waals surface area contributed by atoms with E-state index in [4.69, 9.17) is 9.72 Å². The van der Waals surface area contributed by atoms with Crippen molar-refractivity contribution in [1.29, 1.82) is 0 Å². The van der Waals surface area contributed by atoms with Crippen LogP contribution in [0.4, 0.5) is 19.0 Å². The van der Waals surface area contributed by atoms with E-state index < -0.39 is 17.8 Å². The summed E-state index contributed by atoms with van der Waals surface area (Å²) in [4.78, 5) is 18.3. The lowest BCUT2D eigenvalue weighted by molar-refractivity contribution is 0.107. The summed E-state index contributed by atoms with van der Waals surface area (Å²) in [6.07, 6.45) is 3.48. The van der Waals surface area contributed by atoms with Crippen LogP contribution >= 0.6 is 0 Å². The predicted molar refractivity (Wildman–Crippen MR) is 153 cm³/mol. The van der Waals surface area contributed by atoms with Crippen molar-refractivity contribution in [2.24, 2.45) is 0 Å². The van der Waals surface area contributed by atoms with Crippen LogP contribution in [0.25, 0.3) is 33.1 Å². The number of aromatic nitrogens is 3. The van der Waals surface area contributed by atoms with Gasteiger partial charge in [0.1, 0.15) is 41.7 Å². The quantitative estimate of drug-likeness (QED) is 0.353. The molecule has 42 heavy (non-hydrogen) atoms. The fraction of sp³-hybridized carbons (Fsp3) is 0.452. The SMILES string of the molecule is Oc1cc(-c2nc3nc(OC[C@@]45CCCN4C[C@H](F)C5)nc(N4C[C@H]5CC[C@@H](C4)N5)c3cc2F)c2c(F)cccc2c1. The Bertz CT molecular complexity index is 1710. The molecule has 0 unspecified atom stereocenters. The first-order valence-corrected chi connectivity index (χ1v) is 14.7. The van der Waals surface area contributed by atoms with Crippen molar-refractivity contribution < 1.29 is 23.0 Å². The van der Waals surface area contributed by atoms with E-state index in [1.807, 2.05) is 0 Å². The number of fused-ring (bicyclic) bond motifs is 5. The van der Waals surface area contributed by atoms with Gasteiger partial charge in [-0.2, -0.15) is 9.97 Å². The number of rotatable bonds is 5. The predicted octanol–water partition coefficient (Wildman–Crippen LogP) is 4.72. The Balaban J connectivity index is 1.25. The number of piperazine rings is 1. The van der Waals surface area contributed by atoms with E-state index in [0.717, 1.165) is 32.2 Å². The zero-order chi connectivity index (χ0) is 28.6. The van der Waals surface area contributed by atoms with Gasteiger partial charge in [0.15, 0.2) is 5.65 Å². The molecule has 0 spiro atoms. The lowest BCUT2D eigenvalue weighted by Crippen LogP contribution is -2.51. The highest BCUT2D eigenvalue weighted by molar-refractivity contribution is 5.99. The maximum atomic E-state index is 15.9. The molecule has 4 aromatic rings. The van der Waals surface area contributed by atoms with Gasteiger partial charge in [-0.1, -0.05) is 12.1 Å². The fourth-order valence-corrected chi connectivity index (χ4v) is 7.66. The molecule has 0 aliphatic carbocycles. The number of hydrogen-bond donors (Lipinski definition) is 2. The molecule has 11 heteroatoms. The molecular formula is C31H31F3N6O2. The number of pyridine rings is 1. The van der Waals surface area contributed by atoms with Gasteiger partial charge in [-0.15, -0.1) is 0 Å². The van der Waals surface area contributed by atoms with Crippen molar-refractivity contribution in [1.82, 2.24) is 25.2 Å². The van der Waals surface area contributed by atoms with E-state index in [-0.39, 0.29) is 46.2 Å². The van der Waals surface area contributed by atoms with Gasteiger partial charge in [0.2, 0.25) is 0 Å². The number of phenolic OH excluding ortho intramolecular Hbond substituents is 1. The second kappa shape index (κ2) is 9.67. The zero-order valence-electron chi connectivity index (χ0n) is 23.0. The van der Waals surface area contributed by atoms with Gasteiger partial charge in [0, 0.05) is 49.1 Å². The van der Waals surface area contributed by atoms with Crippen LogP contribution < -0.4 is 15.0 Å². The molecule has 4 aliphatic heterocycles. The molecule has 4 atom stereocenters. The Morgan fingerprint density at radius 2 is 1.86 bits per heavy atom. The van der Waals surface area contributed by atoms with E-state index in [2.05, 4.69) is 25.1 Å². The van der Waals surface area contributed by atoms with E-state index in [0.29, 0.717) is 54.7 Å². The number of hydrogen-bond acceptors (Lipinski definition) is 8. The molecule has 6 heterocycles. The molecule has 0 radical (unpaired) electrons. The molecule has 2 aromatic heterocycles. The first-order valence-electron chi connectivity index (χ1n) is 14.7. The fourth-order valence-electron chi connectivity index (χ4n) is 7.66. The molecule has 4 saturated heterocycles. The van der Waals surface area contributed by atoms with Crippen molar-refractivity contribution in [3.63, 3.8) is 0 Å². The lowest BCUT2D eigenvalue weighted by atomic mass is 9.95. The molecule has 2 N–H and O–H groups in total. The number of nitrogens with zero attached hydrogens (tertiary/aromatic N) is 5. The first kappa shape index (κ1) is 26.0. The Morgan fingerprint density at radius 1 is 1.02 bits per heavy atom. The van der Waals surface area contributed by atoms with Gasteiger partial charge >= 0.3 is 6.01 Å². The molecule has 2 bridgehead atoms. The number of phenols is 1. The van der Waals surface area contributed by atoms with Gasteiger partial charge in [-0.3, -0.25) is 4.90 Å². The van der Waals surface area contributed by atoms with Crippen LogP contribution in [0.3, 0.4) is 0 Å². The largest absolute Gasteiger partial charge is 0.508 e. The number of aromatic hydroxyl groups is 1. The molecule has 2 aromatic carbocycles. The van der Waals surface area contributed by atoms with Gasteiger partial charge < -0.3 is 20.1 Å². The first-order chi connectivity index (χ1) is 20.3. The van der Waals surface area contributed by atoms with Gasteiger partial charge in [-0.05, 0) is 61.9 Å². The summed E-state index contributed by atoms with van der Waals surface area (Å²) < 4.78 is 51.6. The Morgan fingerprint density at radius 3 is 2.69 bits per heavy atom. The Hall–Kier alpha value is -3.70. The van der Waals surface area contributed by atoms with Gasteiger partial charge in [0.25, 0.3) is 0 Å². The maximum Gasteiger partial charge on any atom is 0.320 e. The molecule has 0 saturated carbocycles. The van der Waals surface area contributed by atoms with Crippen LogP contribution in [0.5, 0.6) is 11.8 Å². The average molecular weight is 577 g/mol. The number of halogens is 3. The van der Waals surface area contributed by atoms with E-state index >= 15 is 8.78 Å². The maximum absolute atomic E-state index is 15.9. The highest BCUT2D eigenvalue weighted by Gasteiger charge is 2.49. The number of anilines is 1. The lowest BCUT2D eigenvalue weighted by Gasteiger charge is -2.34. The van der Waals surface area contributed by atoms with Crippen molar-refractivity contribution >= 4 is 27.6 Å². The highest BCUT2D eigenvalue weighted by atomic mass is 19.1. The van der Waals surface area contributed by atoms with Crippen molar-refractivity contribution in [2.45, 2.75) is 55.9 Å². The number of ether oxygens (including phenoxy) is 1. The summed E-state index contributed by atoms with van der Waals surface area (Å²) in [6.45, 7) is 2.91. The van der Waals surface area contributed by atoms with Crippen molar-refractivity contribution in [3.8, 4) is 23.0 Å². The highest BCUT2D eigenvalue weighted by Crippen LogP contribution is 2.41. The van der Waals surface area contributed by atoms with Crippen molar-refractivity contribution in [2.75, 3.05) is 37.7 Å². The van der Waals surface area contributed by atoms with E-state index in [9.17, 15) is 9.50 Å². The van der Waals surface area contributed by atoms with Crippen LogP contribution in [0.2, 0.25) is 0 Å². The van der Waals surface area contributed by atoms with Gasteiger partial charge in [-0.25, -0.2) is 18.2 Å². The van der Waals surface area contributed by atoms with Crippen LogP contribution in [-0.4, -0.2) is 81.5 Å². The summed E-state index contributed by atoms with van der Waals surface area (Å²) in [5, 5.41) is 15.0. The number of nitrogens with one attached hydrogen (secondary N) is 1. The summed E-state index contributed by atoms with van der Waals surface area (Å²) in [7, 11) is 0. The van der Waals surface area contributed by atoms with E-state index in [1.54, 1.807) is 6.07 Å². The minimum atomic E-state index is -0.886. The third-order valence-corrected chi connectivity index (χ3v) is 9.51. The zero-order valence-corrected chi connectivity index (χ0v) is 23.0. The second-order valence-electron chi connectivity index (χ2n) is 12.3. The molecule has 4 fully saturated rings. The number of benzene rings is 2. The van der Waals surface area contributed by atoms with Gasteiger partial charge in [0.05, 0.1) is 10.9 Å². The summed E-state index contributed by atoms with van der Waals surface area (Å²) in [5.41, 5.74) is -0.168. The normalized spacial score (nSPS) is 27.3. The van der Waals surface area contributed by atoms with Crippen LogP contribution in [-0.2, 0) is 0 Å². The summed E-state index contributed by atoms with van der Waals surface area (Å²) in [6, 6.07) is 9.30. The summed E-state index contributed by atoms with van der Waals surface area (Å²) >= 11 is 0. The van der Waals surface area contributed by atoms with E-state index in [1.165, 1.54) is 30.3 Å². The minimum Gasteiger partial charge on any atom is -0.508 e. The molecule has 0 amide bonds. The monoisotopic (exact) mass is 576 g/mol. The van der Waals surface area contributed by atoms with Crippen LogP contribution in [0, 0.1) is 11.6 Å². The Labute approximate surface area is 240 Å². The average Bonchev–Trinajstić information content (AvgIpc) is 3.61. The van der Waals surface area contributed by atoms with Crippen LogP contribution in [0.1, 0.15) is 32.1 Å². The molecular weight excluding hydrogens is 545 g/mol. The topological polar surface area (TPSA) is 86.6 Å². The number of alkyl halides is 1. The van der Waals surface area contributed by atoms with Crippen LogP contribution in [0.15, 0.2) is 36.4 Å².